The van der Waals surface area contributed by atoms with Crippen molar-refractivity contribution in [1.29, 1.82) is 0 Å². The zero-order valence-electron chi connectivity index (χ0n) is 17.6. The molecular formula is C20H26N6O5S. The average Bonchev–Trinajstić information content (AvgIpc) is 3.28. The molecule has 2 heterocycles. The second kappa shape index (κ2) is 9.92. The normalized spacial score (nSPS) is 16.7. The van der Waals surface area contributed by atoms with Crippen LogP contribution in [0.3, 0.4) is 0 Å². The number of nitrogens with one attached hydrogen (secondary N) is 1. The number of rotatable bonds is 9. The fraction of sp³-hybridized carbons (Fsp3) is 0.400. The third-order valence-corrected chi connectivity index (χ3v) is 7.12. The summed E-state index contributed by atoms with van der Waals surface area (Å²) in [5.74, 6) is -3.35. The number of aromatic nitrogens is 2. The van der Waals surface area contributed by atoms with Gasteiger partial charge in [-0.1, -0.05) is 30.3 Å². The van der Waals surface area contributed by atoms with E-state index in [1.165, 1.54) is 24.1 Å². The van der Waals surface area contributed by atoms with Gasteiger partial charge in [0.15, 0.2) is 0 Å². The topological polar surface area (TPSA) is 148 Å². The van der Waals surface area contributed by atoms with Gasteiger partial charge in [-0.15, -0.1) is 0 Å². The van der Waals surface area contributed by atoms with Gasteiger partial charge in [0.05, 0.1) is 24.4 Å². The minimum atomic E-state index is -3.95. The second-order valence-electron chi connectivity index (χ2n) is 7.54. The lowest BCUT2D eigenvalue weighted by Gasteiger charge is -2.32. The molecule has 2 aromatic rings. The van der Waals surface area contributed by atoms with Crippen molar-refractivity contribution in [3.8, 4) is 0 Å². The number of sulfonamides is 1. The molecule has 1 aromatic heterocycles. The Bertz CT molecular complexity index is 1060. The summed E-state index contributed by atoms with van der Waals surface area (Å²) in [5.41, 5.74) is 6.20. The lowest BCUT2D eigenvalue weighted by Crippen LogP contribution is -2.57. The first kappa shape index (κ1) is 23.4. The number of piperazine rings is 1. The summed E-state index contributed by atoms with van der Waals surface area (Å²) in [6, 6.07) is 9.48. The number of hydrogen-bond donors (Lipinski definition) is 2. The summed E-state index contributed by atoms with van der Waals surface area (Å²) in [7, 11) is -3.95. The molecule has 0 aliphatic carbocycles. The van der Waals surface area contributed by atoms with Crippen LogP contribution in [0.15, 0.2) is 48.8 Å². The third-order valence-electron chi connectivity index (χ3n) is 5.20. The Morgan fingerprint density at radius 1 is 1.25 bits per heavy atom. The van der Waals surface area contributed by atoms with Crippen LogP contribution in [0.4, 0.5) is 0 Å². The minimum Gasteiger partial charge on any atom is -0.368 e. The molecule has 1 aliphatic rings. The number of primary amides is 1. The molecule has 32 heavy (non-hydrogen) atoms. The molecule has 3 N–H and O–H groups in total. The van der Waals surface area contributed by atoms with Crippen LogP contribution in [0.1, 0.15) is 12.5 Å². The highest BCUT2D eigenvalue weighted by atomic mass is 32.2. The van der Waals surface area contributed by atoms with Crippen molar-refractivity contribution < 1.29 is 22.8 Å². The maximum atomic E-state index is 13.6. The molecule has 0 bridgehead atoms. The molecule has 1 saturated heterocycles. The van der Waals surface area contributed by atoms with Gasteiger partial charge in [-0.2, -0.15) is 14.2 Å². The van der Waals surface area contributed by atoms with Gasteiger partial charge < -0.3 is 11.1 Å². The number of hydrogen-bond acceptors (Lipinski definition) is 6. The lowest BCUT2D eigenvalue weighted by atomic mass is 9.99. The first-order valence-electron chi connectivity index (χ1n) is 10.1. The van der Waals surface area contributed by atoms with E-state index in [9.17, 15) is 22.8 Å². The summed E-state index contributed by atoms with van der Waals surface area (Å²) < 4.78 is 27.3. The molecule has 2 atom stereocenters. The SMILES string of the molecule is CC(C(N)=O)N(C(=O)C(Cc1ccccc1)CS(=O)(=O)N1CCNC(=O)C1)n1cccn1. The Hall–Kier alpha value is -3.25. The Kier molecular flexibility index (Phi) is 7.26. The van der Waals surface area contributed by atoms with Gasteiger partial charge in [-0.25, -0.2) is 13.4 Å². The first-order valence-corrected chi connectivity index (χ1v) is 11.7. The predicted octanol–water partition coefficient (Wildman–Crippen LogP) is -1.16. The second-order valence-corrected chi connectivity index (χ2v) is 9.55. The molecule has 1 aromatic carbocycles. The van der Waals surface area contributed by atoms with Gasteiger partial charge in [-0.3, -0.25) is 14.4 Å². The van der Waals surface area contributed by atoms with Gasteiger partial charge in [0.1, 0.15) is 6.04 Å². The molecule has 12 heteroatoms. The van der Waals surface area contributed by atoms with E-state index in [0.717, 1.165) is 14.9 Å². The molecule has 172 valence electrons. The quantitative estimate of drug-likeness (QED) is 0.480. The predicted molar refractivity (Wildman–Crippen MR) is 116 cm³/mol. The number of benzene rings is 1. The summed E-state index contributed by atoms with van der Waals surface area (Å²) in [4.78, 5) is 38.4. The van der Waals surface area contributed by atoms with E-state index >= 15 is 0 Å². The summed E-state index contributed by atoms with van der Waals surface area (Å²) >= 11 is 0. The Morgan fingerprint density at radius 2 is 1.97 bits per heavy atom. The highest BCUT2D eigenvalue weighted by Crippen LogP contribution is 2.18. The van der Waals surface area contributed by atoms with Crippen LogP contribution < -0.4 is 16.1 Å². The van der Waals surface area contributed by atoms with Gasteiger partial charge in [-0.05, 0) is 25.0 Å². The molecule has 2 unspecified atom stereocenters. The summed E-state index contributed by atoms with van der Waals surface area (Å²) in [6.45, 7) is 1.48. The van der Waals surface area contributed by atoms with E-state index in [1.54, 1.807) is 30.3 Å². The van der Waals surface area contributed by atoms with Crippen LogP contribution >= 0.6 is 0 Å². The van der Waals surface area contributed by atoms with Crippen LogP contribution in [0.2, 0.25) is 0 Å². The van der Waals surface area contributed by atoms with Crippen LogP contribution in [0, 0.1) is 5.92 Å². The molecule has 0 saturated carbocycles. The lowest BCUT2D eigenvalue weighted by molar-refractivity contribution is -0.128. The highest BCUT2D eigenvalue weighted by molar-refractivity contribution is 7.89. The Balaban J connectivity index is 1.94. The first-order chi connectivity index (χ1) is 15.2. The largest absolute Gasteiger partial charge is 0.368 e. The number of nitrogens with two attached hydrogens (primary N) is 1. The van der Waals surface area contributed by atoms with Crippen LogP contribution in [-0.2, 0) is 30.8 Å². The average molecular weight is 463 g/mol. The van der Waals surface area contributed by atoms with E-state index in [2.05, 4.69) is 10.4 Å². The molecule has 0 radical (unpaired) electrons. The number of carbonyl (C=O) groups excluding carboxylic acids is 3. The Morgan fingerprint density at radius 3 is 2.56 bits per heavy atom. The zero-order valence-corrected chi connectivity index (χ0v) is 18.4. The molecule has 0 spiro atoms. The molecule has 11 nitrogen and oxygen atoms in total. The fourth-order valence-corrected chi connectivity index (χ4v) is 5.16. The van der Waals surface area contributed by atoms with E-state index in [0.29, 0.717) is 0 Å². The van der Waals surface area contributed by atoms with Crippen LogP contribution in [0.25, 0.3) is 0 Å². The Labute approximate surface area is 186 Å². The van der Waals surface area contributed by atoms with E-state index < -0.39 is 45.5 Å². The van der Waals surface area contributed by atoms with E-state index in [-0.39, 0.29) is 26.1 Å². The molecule has 3 rings (SSSR count). The highest BCUT2D eigenvalue weighted by Gasteiger charge is 2.37. The van der Waals surface area contributed by atoms with Crippen molar-refractivity contribution in [3.05, 3.63) is 54.4 Å². The van der Waals surface area contributed by atoms with Crippen molar-refractivity contribution >= 4 is 27.7 Å². The van der Waals surface area contributed by atoms with Gasteiger partial charge in [0, 0.05) is 19.3 Å². The third kappa shape index (κ3) is 5.51. The van der Waals surface area contributed by atoms with E-state index in [4.69, 9.17) is 5.73 Å². The number of amides is 3. The van der Waals surface area contributed by atoms with Crippen molar-refractivity contribution in [2.75, 3.05) is 30.4 Å². The fourth-order valence-electron chi connectivity index (χ4n) is 3.49. The molecule has 1 aliphatic heterocycles. The van der Waals surface area contributed by atoms with Crippen molar-refractivity contribution in [1.82, 2.24) is 19.5 Å². The van der Waals surface area contributed by atoms with Crippen molar-refractivity contribution in [2.45, 2.75) is 19.4 Å². The smallest absolute Gasteiger partial charge is 0.247 e. The molecular weight excluding hydrogens is 436 g/mol. The molecule has 1 fully saturated rings. The van der Waals surface area contributed by atoms with Gasteiger partial charge >= 0.3 is 0 Å². The molecule has 3 amide bonds. The van der Waals surface area contributed by atoms with Crippen LogP contribution in [-0.4, -0.2) is 71.8 Å². The minimum absolute atomic E-state index is 0.113. The monoisotopic (exact) mass is 462 g/mol. The zero-order chi connectivity index (χ0) is 23.3. The summed E-state index contributed by atoms with van der Waals surface area (Å²) in [6.07, 6.45) is 3.02. The standard InChI is InChI=1S/C20H26N6O5S/c1-15(19(21)28)26(25-10-5-8-23-25)20(29)17(12-16-6-3-2-4-7-16)14-32(30,31)24-11-9-22-18(27)13-24/h2-8,10,15,17H,9,11-14H2,1H3,(H2,21,28)(H,22,27). The van der Waals surface area contributed by atoms with Crippen molar-refractivity contribution in [3.63, 3.8) is 0 Å². The van der Waals surface area contributed by atoms with Crippen LogP contribution in [0.5, 0.6) is 0 Å². The maximum absolute atomic E-state index is 13.6. The van der Waals surface area contributed by atoms with Gasteiger partial charge in [0.2, 0.25) is 27.7 Å². The summed E-state index contributed by atoms with van der Waals surface area (Å²) in [5, 5.41) is 7.67. The van der Waals surface area contributed by atoms with Gasteiger partial charge in [0.25, 0.3) is 0 Å². The van der Waals surface area contributed by atoms with Crippen molar-refractivity contribution in [2.24, 2.45) is 11.7 Å². The number of carbonyl (C=O) groups is 3. The van der Waals surface area contributed by atoms with E-state index in [1.807, 2.05) is 6.07 Å². The maximum Gasteiger partial charge on any atom is 0.247 e. The number of nitrogens with zero attached hydrogens (tertiary/aromatic N) is 4.